The summed E-state index contributed by atoms with van der Waals surface area (Å²) < 4.78 is 2.36. The van der Waals surface area contributed by atoms with Gasteiger partial charge in [-0.1, -0.05) is 140 Å². The summed E-state index contributed by atoms with van der Waals surface area (Å²) in [5.74, 6) is 0. The van der Waals surface area contributed by atoms with E-state index in [1.807, 2.05) is 0 Å². The van der Waals surface area contributed by atoms with Gasteiger partial charge in [0.1, 0.15) is 0 Å². The molecule has 0 N–H and O–H groups in total. The van der Waals surface area contributed by atoms with Gasteiger partial charge in [0.2, 0.25) is 0 Å². The quantitative estimate of drug-likeness (QED) is 0.180. The summed E-state index contributed by atoms with van der Waals surface area (Å²) in [7, 11) is 0. The van der Waals surface area contributed by atoms with E-state index in [1.54, 1.807) is 0 Å². The highest BCUT2D eigenvalue weighted by Gasteiger charge is 2.15. The van der Waals surface area contributed by atoms with E-state index < -0.39 is 0 Å². The fourth-order valence-electron chi connectivity index (χ4n) is 7.72. The first-order valence-electron chi connectivity index (χ1n) is 17.1. The molecule has 8 aromatic carbocycles. The van der Waals surface area contributed by atoms with Crippen LogP contribution in [0.3, 0.4) is 0 Å². The largest absolute Gasteiger partial charge is 0.309 e. The average molecular weight is 638 g/mol. The van der Waals surface area contributed by atoms with Gasteiger partial charge < -0.3 is 4.57 Å². The van der Waals surface area contributed by atoms with E-state index >= 15 is 0 Å². The van der Waals surface area contributed by atoms with Crippen LogP contribution in [0, 0.1) is 6.92 Å². The zero-order chi connectivity index (χ0) is 33.2. The van der Waals surface area contributed by atoms with Gasteiger partial charge in [-0.05, 0) is 70.3 Å². The average Bonchev–Trinajstić information content (AvgIpc) is 3.52. The summed E-state index contributed by atoms with van der Waals surface area (Å²) in [6.07, 6.45) is 0. The second-order valence-electron chi connectivity index (χ2n) is 13.0. The summed E-state index contributed by atoms with van der Waals surface area (Å²) in [5.41, 5.74) is 13.1. The maximum Gasteiger partial charge on any atom is 0.0979 e. The van der Waals surface area contributed by atoms with Crippen LogP contribution in [0.25, 0.3) is 93.6 Å². The van der Waals surface area contributed by atoms with Crippen molar-refractivity contribution in [3.63, 3.8) is 0 Å². The highest BCUT2D eigenvalue weighted by molar-refractivity contribution is 6.23. The van der Waals surface area contributed by atoms with Crippen LogP contribution in [0.2, 0.25) is 0 Å². The van der Waals surface area contributed by atoms with E-state index in [-0.39, 0.29) is 0 Å². The second-order valence-corrected chi connectivity index (χ2v) is 13.0. The Balaban J connectivity index is 0.991. The molecule has 0 radical (unpaired) electrons. The van der Waals surface area contributed by atoms with Crippen LogP contribution in [0.1, 0.15) is 5.69 Å². The lowest BCUT2D eigenvalue weighted by Crippen LogP contribution is -1.96. The van der Waals surface area contributed by atoms with Gasteiger partial charge in [-0.3, -0.25) is 0 Å². The predicted molar refractivity (Wildman–Crippen MR) is 210 cm³/mol. The van der Waals surface area contributed by atoms with Crippen molar-refractivity contribution in [1.29, 1.82) is 0 Å². The van der Waals surface area contributed by atoms with Crippen LogP contribution in [0.4, 0.5) is 0 Å². The number of benzene rings is 8. The molecule has 0 spiro atoms. The maximum absolute atomic E-state index is 5.27. The first kappa shape index (κ1) is 28.4. The lowest BCUT2D eigenvalue weighted by atomic mass is 9.97. The van der Waals surface area contributed by atoms with Crippen LogP contribution < -0.4 is 0 Å². The zero-order valence-electron chi connectivity index (χ0n) is 27.5. The fourth-order valence-corrected chi connectivity index (χ4v) is 7.72. The Morgan fingerprint density at radius 3 is 1.36 bits per heavy atom. The molecule has 0 aliphatic rings. The molecule has 50 heavy (non-hydrogen) atoms. The molecule has 0 fully saturated rings. The second kappa shape index (κ2) is 11.3. The lowest BCUT2D eigenvalue weighted by Gasteiger charge is -2.13. The molecule has 0 unspecified atom stereocenters. The van der Waals surface area contributed by atoms with Crippen molar-refractivity contribution in [3.05, 3.63) is 176 Å². The molecular weight excluding hydrogens is 607 g/mol. The van der Waals surface area contributed by atoms with E-state index in [9.17, 15) is 0 Å². The van der Waals surface area contributed by atoms with Crippen molar-refractivity contribution in [2.75, 3.05) is 0 Å². The van der Waals surface area contributed by atoms with Crippen LogP contribution in [0.5, 0.6) is 0 Å². The topological polar surface area (TPSA) is 30.7 Å². The van der Waals surface area contributed by atoms with Crippen molar-refractivity contribution < 1.29 is 0 Å². The highest BCUT2D eigenvalue weighted by atomic mass is 15.0. The first-order chi connectivity index (χ1) is 24.7. The van der Waals surface area contributed by atoms with Gasteiger partial charge in [0, 0.05) is 32.8 Å². The first-order valence-corrected chi connectivity index (χ1v) is 17.1. The number of hydrogen-bond donors (Lipinski definition) is 0. The Labute approximate surface area is 289 Å². The lowest BCUT2D eigenvalue weighted by molar-refractivity contribution is 1.18. The molecule has 234 valence electrons. The molecule has 2 aromatic heterocycles. The van der Waals surface area contributed by atoms with Gasteiger partial charge in [-0.2, -0.15) is 0 Å². The molecule has 10 aromatic rings. The van der Waals surface area contributed by atoms with Crippen LogP contribution in [-0.2, 0) is 0 Å². The van der Waals surface area contributed by atoms with Crippen LogP contribution in [0.15, 0.2) is 170 Å². The van der Waals surface area contributed by atoms with Gasteiger partial charge in [0.05, 0.1) is 33.5 Å². The Bertz CT molecular complexity index is 2860. The number of fused-ring (bicyclic) bond motifs is 9. The molecule has 0 bridgehead atoms. The standard InChI is InChI=1S/C47H31N3/c1-30-45(49-47-42-18-5-3-14-38(42)37-13-2-4-17-41(37)46(47)48-30)33-23-21-31(22-24-33)34-11-10-12-35(29-34)32-25-27-36(28-26-32)50-43-19-8-6-15-39(43)40-16-7-9-20-44(40)50/h2-29H,1H3. The molecule has 3 heteroatoms. The number of aromatic nitrogens is 3. The van der Waals surface area contributed by atoms with Crippen molar-refractivity contribution >= 4 is 54.4 Å². The third-order valence-electron chi connectivity index (χ3n) is 10.1. The number of aryl methyl sites for hydroxylation is 1. The summed E-state index contributed by atoms with van der Waals surface area (Å²) in [5, 5.41) is 7.23. The van der Waals surface area contributed by atoms with E-state index in [4.69, 9.17) is 9.97 Å². The highest BCUT2D eigenvalue weighted by Crippen LogP contribution is 2.36. The summed E-state index contributed by atoms with van der Waals surface area (Å²) in [4.78, 5) is 10.4. The monoisotopic (exact) mass is 637 g/mol. The Hall–Kier alpha value is -6.58. The van der Waals surface area contributed by atoms with E-state index in [1.165, 1.54) is 54.8 Å². The Kier molecular flexibility index (Phi) is 6.40. The fraction of sp³-hybridized carbons (Fsp3) is 0.0213. The molecule has 0 aliphatic heterocycles. The van der Waals surface area contributed by atoms with Crippen molar-refractivity contribution in [3.8, 4) is 39.2 Å². The van der Waals surface area contributed by atoms with Crippen LogP contribution >= 0.6 is 0 Å². The smallest absolute Gasteiger partial charge is 0.0979 e. The van der Waals surface area contributed by atoms with Gasteiger partial charge in [0.25, 0.3) is 0 Å². The van der Waals surface area contributed by atoms with E-state index in [2.05, 4.69) is 181 Å². The third-order valence-corrected chi connectivity index (χ3v) is 10.1. The number of rotatable bonds is 4. The molecule has 10 rings (SSSR count). The Morgan fingerprint density at radius 1 is 0.360 bits per heavy atom. The number of nitrogens with zero attached hydrogens (tertiary/aromatic N) is 3. The van der Waals surface area contributed by atoms with Gasteiger partial charge in [-0.25, -0.2) is 9.97 Å². The minimum absolute atomic E-state index is 0.918. The zero-order valence-corrected chi connectivity index (χ0v) is 27.5. The molecule has 3 nitrogen and oxygen atoms in total. The molecule has 0 saturated heterocycles. The SMILES string of the molecule is Cc1nc2c3ccccc3c3ccccc3c2nc1-c1ccc(-c2cccc(-c3ccc(-n4c5ccccc5c5ccccc54)cc3)c2)cc1. The predicted octanol–water partition coefficient (Wildman–Crippen LogP) is 12.3. The molecule has 0 amide bonds. The molecule has 0 saturated carbocycles. The van der Waals surface area contributed by atoms with Crippen LogP contribution in [-0.4, -0.2) is 14.5 Å². The van der Waals surface area contributed by atoms with Crippen molar-refractivity contribution in [2.24, 2.45) is 0 Å². The van der Waals surface area contributed by atoms with Gasteiger partial charge >= 0.3 is 0 Å². The molecular formula is C47H31N3. The molecule has 0 aliphatic carbocycles. The summed E-state index contributed by atoms with van der Waals surface area (Å²) in [6, 6.07) is 60.8. The normalized spacial score (nSPS) is 11.7. The molecule has 2 heterocycles. The maximum atomic E-state index is 5.27. The minimum atomic E-state index is 0.918. The van der Waals surface area contributed by atoms with Crippen molar-refractivity contribution in [2.45, 2.75) is 6.92 Å². The number of para-hydroxylation sites is 2. The number of hydrogen-bond acceptors (Lipinski definition) is 2. The van der Waals surface area contributed by atoms with Gasteiger partial charge in [0.15, 0.2) is 0 Å². The Morgan fingerprint density at radius 2 is 0.800 bits per heavy atom. The minimum Gasteiger partial charge on any atom is -0.309 e. The van der Waals surface area contributed by atoms with E-state index in [0.29, 0.717) is 0 Å². The summed E-state index contributed by atoms with van der Waals surface area (Å²) in [6.45, 7) is 2.07. The summed E-state index contributed by atoms with van der Waals surface area (Å²) >= 11 is 0. The van der Waals surface area contributed by atoms with E-state index in [0.717, 1.165) is 44.4 Å². The van der Waals surface area contributed by atoms with Gasteiger partial charge in [-0.15, -0.1) is 0 Å². The third kappa shape index (κ3) is 4.44. The van der Waals surface area contributed by atoms with Crippen molar-refractivity contribution in [1.82, 2.24) is 14.5 Å². The molecule has 0 atom stereocenters.